The maximum absolute atomic E-state index is 13.0. The van der Waals surface area contributed by atoms with E-state index in [1.165, 1.54) is 10.2 Å². The van der Waals surface area contributed by atoms with E-state index < -0.39 is 0 Å². The Morgan fingerprint density at radius 3 is 2.50 bits per heavy atom. The minimum Gasteiger partial charge on any atom is -0.369 e. The molecule has 1 aliphatic heterocycles. The molecule has 0 saturated carbocycles. The summed E-state index contributed by atoms with van der Waals surface area (Å²) in [6.07, 6.45) is 0. The van der Waals surface area contributed by atoms with Gasteiger partial charge in [0.1, 0.15) is 0 Å². The molecule has 30 heavy (non-hydrogen) atoms. The van der Waals surface area contributed by atoms with Crippen molar-refractivity contribution in [3.05, 3.63) is 69.1 Å². The Balaban J connectivity index is 1.56. The van der Waals surface area contributed by atoms with Gasteiger partial charge < -0.3 is 10.2 Å². The van der Waals surface area contributed by atoms with Gasteiger partial charge in [-0.05, 0) is 30.7 Å². The summed E-state index contributed by atoms with van der Waals surface area (Å²) >= 11 is 6.17. The van der Waals surface area contributed by atoms with Crippen LogP contribution in [0.15, 0.2) is 47.3 Å². The lowest BCUT2D eigenvalue weighted by molar-refractivity contribution is 0.0955. The summed E-state index contributed by atoms with van der Waals surface area (Å²) in [5, 5.41) is 8.79. The van der Waals surface area contributed by atoms with Crippen LogP contribution in [0.5, 0.6) is 0 Å². The quantitative estimate of drug-likeness (QED) is 0.695. The fourth-order valence-corrected chi connectivity index (χ4v) is 4.03. The molecule has 1 fully saturated rings. The SMILES string of the molecule is CNC(=O)c1nn(CN2CCN(c3cc(Cl)ccc3C)CC2)c(=O)c2ccccc12. The smallest absolute Gasteiger partial charge is 0.275 e. The third kappa shape index (κ3) is 3.91. The Morgan fingerprint density at radius 1 is 1.10 bits per heavy atom. The van der Waals surface area contributed by atoms with Crippen molar-refractivity contribution in [3.63, 3.8) is 0 Å². The molecule has 7 nitrogen and oxygen atoms in total. The van der Waals surface area contributed by atoms with Gasteiger partial charge in [-0.25, -0.2) is 4.68 Å². The second kappa shape index (κ2) is 8.45. The van der Waals surface area contributed by atoms with Crippen LogP contribution in [0.1, 0.15) is 16.1 Å². The van der Waals surface area contributed by atoms with Crippen molar-refractivity contribution in [2.75, 3.05) is 38.1 Å². The molecule has 0 unspecified atom stereocenters. The molecule has 1 N–H and O–H groups in total. The van der Waals surface area contributed by atoms with E-state index in [2.05, 4.69) is 27.1 Å². The van der Waals surface area contributed by atoms with E-state index in [1.54, 1.807) is 31.3 Å². The van der Waals surface area contributed by atoms with Crippen molar-refractivity contribution in [2.45, 2.75) is 13.6 Å². The highest BCUT2D eigenvalue weighted by atomic mass is 35.5. The number of fused-ring (bicyclic) bond motifs is 1. The zero-order chi connectivity index (χ0) is 21.3. The van der Waals surface area contributed by atoms with E-state index in [0.717, 1.165) is 36.9 Å². The molecule has 1 aromatic heterocycles. The number of nitrogens with zero attached hydrogens (tertiary/aromatic N) is 4. The Kier molecular flexibility index (Phi) is 5.74. The van der Waals surface area contributed by atoms with Gasteiger partial charge in [0.15, 0.2) is 5.69 Å². The van der Waals surface area contributed by atoms with Crippen molar-refractivity contribution < 1.29 is 4.79 Å². The first kappa shape index (κ1) is 20.4. The number of anilines is 1. The summed E-state index contributed by atoms with van der Waals surface area (Å²) < 4.78 is 1.40. The Hall–Kier alpha value is -2.90. The molecule has 2 aromatic carbocycles. The first-order valence-corrected chi connectivity index (χ1v) is 10.3. The zero-order valence-corrected chi connectivity index (χ0v) is 17.8. The third-order valence-corrected chi connectivity index (χ3v) is 5.76. The molecule has 1 saturated heterocycles. The van der Waals surface area contributed by atoms with Crippen LogP contribution < -0.4 is 15.8 Å². The van der Waals surface area contributed by atoms with Crippen molar-refractivity contribution in [1.29, 1.82) is 0 Å². The molecular formula is C22H24ClN5O2. The predicted octanol–water partition coefficient (Wildman–Crippen LogP) is 2.50. The summed E-state index contributed by atoms with van der Waals surface area (Å²) in [7, 11) is 1.56. The van der Waals surface area contributed by atoms with Crippen LogP contribution in [-0.4, -0.2) is 53.8 Å². The van der Waals surface area contributed by atoms with Crippen molar-refractivity contribution in [3.8, 4) is 0 Å². The molecule has 0 bridgehead atoms. The van der Waals surface area contributed by atoms with Crippen LogP contribution in [0.25, 0.3) is 10.8 Å². The van der Waals surface area contributed by atoms with Crippen molar-refractivity contribution in [1.82, 2.24) is 20.0 Å². The van der Waals surface area contributed by atoms with Gasteiger partial charge in [-0.3, -0.25) is 14.5 Å². The molecule has 0 aliphatic carbocycles. The zero-order valence-electron chi connectivity index (χ0n) is 17.1. The standard InChI is InChI=1S/C22H24ClN5O2/c1-15-7-8-16(23)13-19(15)27-11-9-26(10-12-27)14-28-22(30)18-6-4-3-5-17(18)20(25-28)21(29)24-2/h3-8,13H,9-12,14H2,1-2H3,(H,24,29). The molecule has 3 aromatic rings. The molecule has 4 rings (SSSR count). The lowest BCUT2D eigenvalue weighted by atomic mass is 10.1. The lowest BCUT2D eigenvalue weighted by Gasteiger charge is -2.36. The number of hydrogen-bond acceptors (Lipinski definition) is 5. The van der Waals surface area contributed by atoms with Crippen LogP contribution in [-0.2, 0) is 6.67 Å². The minimum atomic E-state index is -0.304. The van der Waals surface area contributed by atoms with Crippen molar-refractivity contribution in [2.24, 2.45) is 0 Å². The average Bonchev–Trinajstić information content (AvgIpc) is 2.77. The van der Waals surface area contributed by atoms with Crippen LogP contribution in [0, 0.1) is 6.92 Å². The largest absolute Gasteiger partial charge is 0.369 e. The summed E-state index contributed by atoms with van der Waals surface area (Å²) in [6, 6.07) is 13.0. The number of rotatable bonds is 4. The fraction of sp³-hybridized carbons (Fsp3) is 0.318. The Labute approximate surface area is 179 Å². The fourth-order valence-electron chi connectivity index (χ4n) is 3.86. The van der Waals surface area contributed by atoms with Crippen LogP contribution >= 0.6 is 11.6 Å². The van der Waals surface area contributed by atoms with Crippen LogP contribution in [0.2, 0.25) is 5.02 Å². The van der Waals surface area contributed by atoms with Crippen molar-refractivity contribution >= 4 is 34.0 Å². The monoisotopic (exact) mass is 425 g/mol. The molecule has 156 valence electrons. The minimum absolute atomic E-state index is 0.189. The molecule has 0 spiro atoms. The number of piperazine rings is 1. The number of hydrogen-bond donors (Lipinski definition) is 1. The van der Waals surface area contributed by atoms with Gasteiger partial charge in [0.05, 0.1) is 12.1 Å². The number of aromatic nitrogens is 2. The Morgan fingerprint density at radius 2 is 1.80 bits per heavy atom. The molecule has 1 aliphatic rings. The number of benzene rings is 2. The second-order valence-corrected chi connectivity index (χ2v) is 7.89. The Bertz CT molecular complexity index is 1150. The number of amides is 1. The molecular weight excluding hydrogens is 402 g/mol. The van der Waals surface area contributed by atoms with E-state index in [4.69, 9.17) is 11.6 Å². The van der Waals surface area contributed by atoms with Gasteiger partial charge >= 0.3 is 0 Å². The molecule has 2 heterocycles. The second-order valence-electron chi connectivity index (χ2n) is 7.46. The number of carbonyl (C=O) groups excluding carboxylic acids is 1. The van der Waals surface area contributed by atoms with Gasteiger partial charge in [0, 0.05) is 49.3 Å². The molecule has 8 heteroatoms. The third-order valence-electron chi connectivity index (χ3n) is 5.53. The molecule has 1 amide bonds. The van der Waals surface area contributed by atoms with Gasteiger partial charge in [0.25, 0.3) is 11.5 Å². The van der Waals surface area contributed by atoms with E-state index in [0.29, 0.717) is 17.4 Å². The number of carbonyl (C=O) groups is 1. The predicted molar refractivity (Wildman–Crippen MR) is 119 cm³/mol. The highest BCUT2D eigenvalue weighted by Gasteiger charge is 2.21. The summed E-state index contributed by atoms with van der Waals surface area (Å²) in [4.78, 5) is 29.8. The maximum Gasteiger partial charge on any atom is 0.275 e. The maximum atomic E-state index is 13.0. The van der Waals surface area contributed by atoms with E-state index in [9.17, 15) is 9.59 Å². The molecule has 0 radical (unpaired) electrons. The van der Waals surface area contributed by atoms with Crippen LogP contribution in [0.4, 0.5) is 5.69 Å². The summed E-state index contributed by atoms with van der Waals surface area (Å²) in [6.45, 7) is 5.63. The summed E-state index contributed by atoms with van der Waals surface area (Å²) in [5.74, 6) is -0.304. The van der Waals surface area contributed by atoms with E-state index in [-0.39, 0.29) is 17.2 Å². The topological polar surface area (TPSA) is 70.5 Å². The van der Waals surface area contributed by atoms with Gasteiger partial charge in [-0.15, -0.1) is 0 Å². The van der Waals surface area contributed by atoms with Crippen LogP contribution in [0.3, 0.4) is 0 Å². The number of aryl methyl sites for hydroxylation is 1. The normalized spacial score (nSPS) is 14.8. The number of nitrogens with one attached hydrogen (secondary N) is 1. The van der Waals surface area contributed by atoms with E-state index >= 15 is 0 Å². The molecule has 0 atom stereocenters. The van der Waals surface area contributed by atoms with Gasteiger partial charge in [0.2, 0.25) is 0 Å². The van der Waals surface area contributed by atoms with Gasteiger partial charge in [-0.1, -0.05) is 35.9 Å². The van der Waals surface area contributed by atoms with Gasteiger partial charge in [-0.2, -0.15) is 5.10 Å². The summed E-state index contributed by atoms with van der Waals surface area (Å²) in [5.41, 5.74) is 2.41. The first-order valence-electron chi connectivity index (χ1n) is 9.93. The van der Waals surface area contributed by atoms with E-state index in [1.807, 2.05) is 18.2 Å². The highest BCUT2D eigenvalue weighted by Crippen LogP contribution is 2.25. The average molecular weight is 426 g/mol. The lowest BCUT2D eigenvalue weighted by Crippen LogP contribution is -2.48. The first-order chi connectivity index (χ1) is 14.5. The highest BCUT2D eigenvalue weighted by molar-refractivity contribution is 6.30. The number of halogens is 1.